The topological polar surface area (TPSA) is 36.3 Å². The molecule has 0 aliphatic carbocycles. The molecule has 0 spiro atoms. The largest absolute Gasteiger partial charge is 0.516 e. The number of hydrogen-bond donors (Lipinski definition) is 0. The molecule has 1 aliphatic heterocycles. The van der Waals surface area contributed by atoms with Gasteiger partial charge in [0.25, 0.3) is 0 Å². The molecule has 0 atom stereocenters. The summed E-state index contributed by atoms with van der Waals surface area (Å²) in [5, 5.41) is 4.37. The Labute approximate surface area is 101 Å². The zero-order valence-corrected chi connectivity index (χ0v) is 11.2. The van der Waals surface area contributed by atoms with Gasteiger partial charge in [-0.3, -0.25) is 0 Å². The maximum atomic E-state index is 5.90. The minimum Gasteiger partial charge on any atom is -0.398 e. The predicted molar refractivity (Wildman–Crippen MR) is 66.9 cm³/mol. The van der Waals surface area contributed by atoms with E-state index in [1.807, 2.05) is 46.2 Å². The van der Waals surface area contributed by atoms with Crippen LogP contribution < -0.4 is 5.59 Å². The Hall–Kier alpha value is -0.455. The third-order valence-electron chi connectivity index (χ3n) is 3.27. The Morgan fingerprint density at radius 2 is 1.81 bits per heavy atom. The number of nitrogens with zero attached hydrogens (tertiary/aromatic N) is 2. The molecule has 0 unspecified atom stereocenters. The highest BCUT2D eigenvalue weighted by atomic mass is 32.2. The summed E-state index contributed by atoms with van der Waals surface area (Å²) >= 11 is 1.54. The van der Waals surface area contributed by atoms with E-state index in [1.165, 1.54) is 0 Å². The average Bonchev–Trinajstić information content (AvgIpc) is 2.70. The molecule has 4 nitrogen and oxygen atoms in total. The summed E-state index contributed by atoms with van der Waals surface area (Å²) in [6.45, 7) is 8.16. The van der Waals surface area contributed by atoms with E-state index in [0.717, 1.165) is 5.59 Å². The van der Waals surface area contributed by atoms with Crippen molar-refractivity contribution in [3.8, 4) is 0 Å². The SMILES string of the molecule is CSn1ccc(B2OC(C)(C)C(C)(C)O2)n1. The molecule has 0 aromatic carbocycles. The van der Waals surface area contributed by atoms with Gasteiger partial charge in [0.2, 0.25) is 0 Å². The van der Waals surface area contributed by atoms with Crippen LogP contribution in [0.5, 0.6) is 0 Å². The van der Waals surface area contributed by atoms with Crippen molar-refractivity contribution >= 4 is 24.7 Å². The summed E-state index contributed by atoms with van der Waals surface area (Å²) in [6, 6.07) is 1.93. The van der Waals surface area contributed by atoms with Gasteiger partial charge in [-0.05, 0) is 45.7 Å². The van der Waals surface area contributed by atoms with Gasteiger partial charge in [-0.15, -0.1) is 0 Å². The summed E-state index contributed by atoms with van der Waals surface area (Å²) in [4.78, 5) is 0. The minimum atomic E-state index is -0.363. The second-order valence-electron chi connectivity index (χ2n) is 4.91. The van der Waals surface area contributed by atoms with E-state index < -0.39 is 0 Å². The number of hydrogen-bond acceptors (Lipinski definition) is 4. The zero-order chi connectivity index (χ0) is 12.0. The average molecular weight is 240 g/mol. The fourth-order valence-corrected chi connectivity index (χ4v) is 1.87. The summed E-state index contributed by atoms with van der Waals surface area (Å²) in [5.74, 6) is 0. The molecular weight excluding hydrogens is 223 g/mol. The first kappa shape index (κ1) is 12.0. The molecule has 1 aromatic rings. The van der Waals surface area contributed by atoms with Gasteiger partial charge in [0.1, 0.15) is 0 Å². The van der Waals surface area contributed by atoms with Crippen molar-refractivity contribution in [3.63, 3.8) is 0 Å². The molecule has 88 valence electrons. The lowest BCUT2D eigenvalue weighted by Crippen LogP contribution is -2.41. The van der Waals surface area contributed by atoms with Gasteiger partial charge >= 0.3 is 7.12 Å². The first-order valence-corrected chi connectivity index (χ1v) is 6.49. The van der Waals surface area contributed by atoms with E-state index in [4.69, 9.17) is 9.31 Å². The molecule has 2 rings (SSSR count). The van der Waals surface area contributed by atoms with E-state index >= 15 is 0 Å². The van der Waals surface area contributed by atoms with E-state index in [0.29, 0.717) is 0 Å². The van der Waals surface area contributed by atoms with Crippen molar-refractivity contribution in [1.29, 1.82) is 0 Å². The Balaban J connectivity index is 2.20. The highest BCUT2D eigenvalue weighted by Gasteiger charge is 2.52. The molecule has 16 heavy (non-hydrogen) atoms. The van der Waals surface area contributed by atoms with Crippen LogP contribution in [-0.2, 0) is 9.31 Å². The molecule has 0 N–H and O–H groups in total. The third-order valence-corrected chi connectivity index (χ3v) is 3.85. The molecule has 2 heterocycles. The van der Waals surface area contributed by atoms with Crippen molar-refractivity contribution in [2.24, 2.45) is 0 Å². The van der Waals surface area contributed by atoms with Gasteiger partial charge in [-0.2, -0.15) is 5.10 Å². The Bertz CT molecular complexity index is 376. The Morgan fingerprint density at radius 1 is 1.25 bits per heavy atom. The smallest absolute Gasteiger partial charge is 0.398 e. The quantitative estimate of drug-likeness (QED) is 0.730. The molecule has 1 aromatic heterocycles. The van der Waals surface area contributed by atoms with E-state index in [1.54, 1.807) is 16.0 Å². The fourth-order valence-electron chi connectivity index (χ4n) is 1.51. The van der Waals surface area contributed by atoms with Gasteiger partial charge in [0, 0.05) is 12.5 Å². The molecule has 1 aliphatic rings. The van der Waals surface area contributed by atoms with Crippen LogP contribution in [0.4, 0.5) is 0 Å². The van der Waals surface area contributed by atoms with Gasteiger partial charge in [-0.1, -0.05) is 0 Å². The zero-order valence-electron chi connectivity index (χ0n) is 10.4. The lowest BCUT2D eigenvalue weighted by molar-refractivity contribution is 0.00578. The molecule has 1 fully saturated rings. The van der Waals surface area contributed by atoms with Gasteiger partial charge in [-0.25, -0.2) is 4.09 Å². The normalized spacial score (nSPS) is 22.7. The van der Waals surface area contributed by atoms with Crippen LogP contribution in [0, 0.1) is 0 Å². The van der Waals surface area contributed by atoms with Gasteiger partial charge < -0.3 is 9.31 Å². The predicted octanol–water partition coefficient (Wildman–Crippen LogP) is 1.31. The van der Waals surface area contributed by atoms with Crippen molar-refractivity contribution < 1.29 is 9.31 Å². The van der Waals surface area contributed by atoms with Crippen LogP contribution in [-0.4, -0.2) is 33.8 Å². The maximum absolute atomic E-state index is 5.90. The van der Waals surface area contributed by atoms with Crippen LogP contribution in [0.2, 0.25) is 0 Å². The molecule has 0 saturated carbocycles. The van der Waals surface area contributed by atoms with E-state index in [2.05, 4.69) is 5.10 Å². The first-order chi connectivity index (χ1) is 7.36. The third kappa shape index (κ3) is 1.89. The van der Waals surface area contributed by atoms with Gasteiger partial charge in [0.15, 0.2) is 0 Å². The molecule has 0 radical (unpaired) electrons. The monoisotopic (exact) mass is 240 g/mol. The van der Waals surface area contributed by atoms with Crippen LogP contribution in [0.25, 0.3) is 0 Å². The first-order valence-electron chi connectivity index (χ1n) is 5.31. The summed E-state index contributed by atoms with van der Waals surface area (Å²) < 4.78 is 13.6. The molecule has 0 bridgehead atoms. The second kappa shape index (κ2) is 3.79. The van der Waals surface area contributed by atoms with Crippen molar-refractivity contribution in [2.75, 3.05) is 6.26 Å². The molecule has 1 saturated heterocycles. The molecular formula is C10H17BN2O2S. The van der Waals surface area contributed by atoms with Crippen LogP contribution in [0.1, 0.15) is 27.7 Å². The van der Waals surface area contributed by atoms with Crippen molar-refractivity contribution in [2.45, 2.75) is 38.9 Å². The molecule has 6 heteroatoms. The highest BCUT2D eigenvalue weighted by molar-refractivity contribution is 7.97. The Morgan fingerprint density at radius 3 is 2.25 bits per heavy atom. The lowest BCUT2D eigenvalue weighted by Gasteiger charge is -2.32. The van der Waals surface area contributed by atoms with Crippen LogP contribution in [0.3, 0.4) is 0 Å². The van der Waals surface area contributed by atoms with Crippen LogP contribution >= 0.6 is 11.9 Å². The summed E-state index contributed by atoms with van der Waals surface area (Å²) in [5.41, 5.74) is 0.217. The number of aromatic nitrogens is 2. The lowest BCUT2D eigenvalue weighted by atomic mass is 9.85. The van der Waals surface area contributed by atoms with E-state index in [-0.39, 0.29) is 18.3 Å². The van der Waals surface area contributed by atoms with E-state index in [9.17, 15) is 0 Å². The standard InChI is InChI=1S/C10H17BN2O2S/c1-9(2)10(3,4)15-11(14-9)8-6-7-13(12-8)16-5/h6-7H,1-5H3. The second-order valence-corrected chi connectivity index (χ2v) is 5.65. The van der Waals surface area contributed by atoms with Crippen molar-refractivity contribution in [1.82, 2.24) is 9.19 Å². The van der Waals surface area contributed by atoms with Crippen molar-refractivity contribution in [3.05, 3.63) is 12.3 Å². The Kier molecular flexibility index (Phi) is 2.84. The van der Waals surface area contributed by atoms with Crippen LogP contribution in [0.15, 0.2) is 12.3 Å². The van der Waals surface area contributed by atoms with Gasteiger partial charge in [0.05, 0.1) is 16.8 Å². The molecule has 0 amide bonds. The summed E-state index contributed by atoms with van der Waals surface area (Å²) in [6.07, 6.45) is 3.88. The maximum Gasteiger partial charge on any atom is 0.516 e. The fraction of sp³-hybridized carbons (Fsp3) is 0.700. The highest BCUT2D eigenvalue weighted by Crippen LogP contribution is 2.36. The summed E-state index contributed by atoms with van der Waals surface area (Å²) in [7, 11) is -0.363. The number of rotatable bonds is 2. The minimum absolute atomic E-state index is 0.305.